The van der Waals surface area contributed by atoms with Gasteiger partial charge < -0.3 is 4.74 Å². The number of para-hydroxylation sites is 2. The van der Waals surface area contributed by atoms with Gasteiger partial charge in [0.15, 0.2) is 5.82 Å². The van der Waals surface area contributed by atoms with Crippen LogP contribution in [0.2, 0.25) is 0 Å². The van der Waals surface area contributed by atoms with Crippen LogP contribution in [0.4, 0.5) is 0 Å². The van der Waals surface area contributed by atoms with E-state index in [0.717, 1.165) is 23.1 Å². The zero-order valence-electron chi connectivity index (χ0n) is 9.34. The van der Waals surface area contributed by atoms with Crippen molar-refractivity contribution in [1.82, 2.24) is 14.8 Å². The van der Waals surface area contributed by atoms with Crippen molar-refractivity contribution in [3.8, 4) is 11.4 Å². The van der Waals surface area contributed by atoms with E-state index >= 15 is 0 Å². The molecule has 2 aromatic rings. The molecule has 1 aliphatic rings. The summed E-state index contributed by atoms with van der Waals surface area (Å²) in [6, 6.07) is 7.99. The average Bonchev–Trinajstić information content (AvgIpc) is 2.73. The molecule has 4 nitrogen and oxygen atoms in total. The van der Waals surface area contributed by atoms with Crippen LogP contribution >= 0.6 is 0 Å². The molecular weight excluding hydrogens is 202 g/mol. The van der Waals surface area contributed by atoms with Crippen molar-refractivity contribution in [3.63, 3.8) is 0 Å². The van der Waals surface area contributed by atoms with Gasteiger partial charge in [0.2, 0.25) is 0 Å². The van der Waals surface area contributed by atoms with Crippen LogP contribution in [0.3, 0.4) is 0 Å². The Morgan fingerprint density at radius 1 is 1.25 bits per heavy atom. The zero-order valence-corrected chi connectivity index (χ0v) is 9.34. The number of nitrogens with zero attached hydrogens (tertiary/aromatic N) is 3. The molecule has 3 rings (SSSR count). The SMILES string of the molecule is CC(C)c1nnc2n1-c1ccccc1OC2. The number of aromatic nitrogens is 3. The highest BCUT2D eigenvalue weighted by Crippen LogP contribution is 2.31. The van der Waals surface area contributed by atoms with Crippen LogP contribution in [0.15, 0.2) is 24.3 Å². The van der Waals surface area contributed by atoms with Gasteiger partial charge in [-0.05, 0) is 12.1 Å². The lowest BCUT2D eigenvalue weighted by Gasteiger charge is -2.20. The second kappa shape index (κ2) is 3.33. The second-order valence-corrected chi connectivity index (χ2v) is 4.22. The molecule has 0 unspecified atom stereocenters. The van der Waals surface area contributed by atoms with Gasteiger partial charge in [-0.2, -0.15) is 0 Å². The Hall–Kier alpha value is -1.84. The smallest absolute Gasteiger partial charge is 0.175 e. The summed E-state index contributed by atoms with van der Waals surface area (Å²) in [4.78, 5) is 0. The van der Waals surface area contributed by atoms with E-state index in [9.17, 15) is 0 Å². The highest BCUT2D eigenvalue weighted by molar-refractivity contribution is 5.49. The van der Waals surface area contributed by atoms with Crippen LogP contribution in [0.25, 0.3) is 5.69 Å². The molecule has 1 aromatic carbocycles. The monoisotopic (exact) mass is 215 g/mol. The molecule has 0 amide bonds. The number of fused-ring (bicyclic) bond motifs is 3. The van der Waals surface area contributed by atoms with Gasteiger partial charge in [-0.3, -0.25) is 4.57 Å². The van der Waals surface area contributed by atoms with Crippen molar-refractivity contribution in [3.05, 3.63) is 35.9 Å². The van der Waals surface area contributed by atoms with E-state index in [1.165, 1.54) is 0 Å². The Morgan fingerprint density at radius 2 is 2.06 bits per heavy atom. The van der Waals surface area contributed by atoms with E-state index in [4.69, 9.17) is 4.74 Å². The quantitative estimate of drug-likeness (QED) is 0.732. The van der Waals surface area contributed by atoms with Crippen molar-refractivity contribution < 1.29 is 4.74 Å². The van der Waals surface area contributed by atoms with Crippen LogP contribution < -0.4 is 4.74 Å². The lowest BCUT2D eigenvalue weighted by molar-refractivity contribution is 0.278. The fourth-order valence-corrected chi connectivity index (χ4v) is 1.97. The van der Waals surface area contributed by atoms with Crippen molar-refractivity contribution in [2.24, 2.45) is 0 Å². The number of hydrogen-bond acceptors (Lipinski definition) is 3. The Morgan fingerprint density at radius 3 is 2.88 bits per heavy atom. The van der Waals surface area contributed by atoms with Crippen molar-refractivity contribution in [2.75, 3.05) is 0 Å². The molecule has 0 fully saturated rings. The predicted octanol–water partition coefficient (Wildman–Crippen LogP) is 2.28. The molecule has 1 aliphatic heterocycles. The zero-order chi connectivity index (χ0) is 11.1. The van der Waals surface area contributed by atoms with Crippen LogP contribution in [0.5, 0.6) is 5.75 Å². The number of hydrogen-bond donors (Lipinski definition) is 0. The summed E-state index contributed by atoms with van der Waals surface area (Å²) < 4.78 is 7.72. The number of rotatable bonds is 1. The molecule has 0 saturated heterocycles. The fraction of sp³-hybridized carbons (Fsp3) is 0.333. The third kappa shape index (κ3) is 1.23. The molecule has 0 atom stereocenters. The Bertz CT molecular complexity index is 531. The summed E-state index contributed by atoms with van der Waals surface area (Å²) in [7, 11) is 0. The maximum atomic E-state index is 5.62. The Labute approximate surface area is 93.9 Å². The number of ether oxygens (including phenoxy) is 1. The molecule has 82 valence electrons. The van der Waals surface area contributed by atoms with E-state index in [1.54, 1.807) is 0 Å². The molecule has 0 aliphatic carbocycles. The van der Waals surface area contributed by atoms with Crippen LogP contribution in [-0.4, -0.2) is 14.8 Å². The first-order valence-corrected chi connectivity index (χ1v) is 5.44. The molecule has 4 heteroatoms. The molecule has 2 heterocycles. The fourth-order valence-electron chi connectivity index (χ4n) is 1.97. The standard InChI is InChI=1S/C12H13N3O/c1-8(2)12-14-13-11-7-16-10-6-4-3-5-9(10)15(11)12/h3-6,8H,7H2,1-2H3. The van der Waals surface area contributed by atoms with Gasteiger partial charge in [0, 0.05) is 5.92 Å². The van der Waals surface area contributed by atoms with Crippen molar-refractivity contribution in [2.45, 2.75) is 26.4 Å². The summed E-state index contributed by atoms with van der Waals surface area (Å²) in [6.45, 7) is 4.74. The lowest BCUT2D eigenvalue weighted by atomic mass is 10.2. The summed E-state index contributed by atoms with van der Waals surface area (Å²) >= 11 is 0. The average molecular weight is 215 g/mol. The van der Waals surface area contributed by atoms with E-state index in [2.05, 4.69) is 28.6 Å². The predicted molar refractivity (Wildman–Crippen MR) is 59.8 cm³/mol. The van der Waals surface area contributed by atoms with E-state index < -0.39 is 0 Å². The topological polar surface area (TPSA) is 39.9 Å². The lowest BCUT2D eigenvalue weighted by Crippen LogP contribution is -2.15. The van der Waals surface area contributed by atoms with E-state index in [-0.39, 0.29) is 0 Å². The molecule has 0 spiro atoms. The minimum Gasteiger partial charge on any atom is -0.483 e. The minimum atomic E-state index is 0.354. The summed E-state index contributed by atoms with van der Waals surface area (Å²) in [5.74, 6) is 3.12. The molecule has 0 N–H and O–H groups in total. The molecule has 1 aromatic heterocycles. The second-order valence-electron chi connectivity index (χ2n) is 4.22. The first-order chi connectivity index (χ1) is 7.77. The normalized spacial score (nSPS) is 13.2. The first-order valence-electron chi connectivity index (χ1n) is 5.44. The van der Waals surface area contributed by atoms with Gasteiger partial charge in [0.1, 0.15) is 18.2 Å². The van der Waals surface area contributed by atoms with Gasteiger partial charge in [-0.25, -0.2) is 0 Å². The molecular formula is C12H13N3O. The van der Waals surface area contributed by atoms with Gasteiger partial charge in [-0.1, -0.05) is 26.0 Å². The number of benzene rings is 1. The molecule has 0 bridgehead atoms. The molecule has 0 radical (unpaired) electrons. The van der Waals surface area contributed by atoms with E-state index in [0.29, 0.717) is 12.5 Å². The van der Waals surface area contributed by atoms with Crippen molar-refractivity contribution >= 4 is 0 Å². The van der Waals surface area contributed by atoms with Gasteiger partial charge in [0.25, 0.3) is 0 Å². The van der Waals surface area contributed by atoms with Gasteiger partial charge in [-0.15, -0.1) is 10.2 Å². The third-order valence-electron chi connectivity index (χ3n) is 2.73. The molecule has 0 saturated carbocycles. The van der Waals surface area contributed by atoms with Gasteiger partial charge in [0.05, 0.1) is 5.69 Å². The van der Waals surface area contributed by atoms with E-state index in [1.807, 2.05) is 24.3 Å². The van der Waals surface area contributed by atoms with Crippen LogP contribution in [0.1, 0.15) is 31.4 Å². The maximum absolute atomic E-state index is 5.62. The Balaban J connectivity index is 2.25. The third-order valence-corrected chi connectivity index (χ3v) is 2.73. The van der Waals surface area contributed by atoms with Crippen LogP contribution in [0, 0.1) is 0 Å². The summed E-state index contributed by atoms with van der Waals surface area (Å²) in [5, 5.41) is 8.39. The summed E-state index contributed by atoms with van der Waals surface area (Å²) in [6.07, 6.45) is 0. The largest absolute Gasteiger partial charge is 0.483 e. The minimum absolute atomic E-state index is 0.354. The Kier molecular flexibility index (Phi) is 1.96. The van der Waals surface area contributed by atoms with Gasteiger partial charge >= 0.3 is 0 Å². The first kappa shape index (κ1) is 9.39. The summed E-state index contributed by atoms with van der Waals surface area (Å²) in [5.41, 5.74) is 1.04. The highest BCUT2D eigenvalue weighted by atomic mass is 16.5. The highest BCUT2D eigenvalue weighted by Gasteiger charge is 2.22. The van der Waals surface area contributed by atoms with Crippen LogP contribution in [-0.2, 0) is 6.61 Å². The molecule has 16 heavy (non-hydrogen) atoms. The van der Waals surface area contributed by atoms with Crippen molar-refractivity contribution in [1.29, 1.82) is 0 Å². The maximum Gasteiger partial charge on any atom is 0.175 e.